The molecule has 0 saturated carbocycles. The lowest BCUT2D eigenvalue weighted by Crippen LogP contribution is -2.23. The van der Waals surface area contributed by atoms with E-state index in [0.29, 0.717) is 19.0 Å². The highest BCUT2D eigenvalue weighted by atomic mass is 32.2. The normalized spacial score (nSPS) is 19.9. The summed E-state index contributed by atoms with van der Waals surface area (Å²) in [5.74, 6) is 0.378. The van der Waals surface area contributed by atoms with Gasteiger partial charge >= 0.3 is 0 Å². The zero-order valence-corrected chi connectivity index (χ0v) is 12.0. The molecule has 1 aliphatic rings. The highest BCUT2D eigenvalue weighted by Crippen LogP contribution is 2.16. The number of nitrogens with zero attached hydrogens (tertiary/aromatic N) is 4. The summed E-state index contributed by atoms with van der Waals surface area (Å²) in [6.45, 7) is 3.39. The Labute approximate surface area is 113 Å². The van der Waals surface area contributed by atoms with Gasteiger partial charge in [-0.3, -0.25) is 0 Å². The van der Waals surface area contributed by atoms with Gasteiger partial charge in [0, 0.05) is 13.2 Å². The maximum Gasteiger partial charge on any atom is 0.166 e. The van der Waals surface area contributed by atoms with E-state index < -0.39 is 9.84 Å². The summed E-state index contributed by atoms with van der Waals surface area (Å²) in [6, 6.07) is 0. The van der Waals surface area contributed by atoms with Gasteiger partial charge in [-0.1, -0.05) is 13.3 Å². The number of hydrogen-bond acceptors (Lipinski definition) is 6. The largest absolute Gasteiger partial charge is 0.377 e. The minimum absolute atomic E-state index is 0.0631. The topological polar surface area (TPSA) is 87.0 Å². The van der Waals surface area contributed by atoms with E-state index in [2.05, 4.69) is 22.4 Å². The first kappa shape index (κ1) is 14.4. The van der Waals surface area contributed by atoms with Gasteiger partial charge in [0.05, 0.1) is 11.9 Å². The quantitative estimate of drug-likeness (QED) is 0.729. The third kappa shape index (κ3) is 4.24. The molecule has 1 aromatic heterocycles. The van der Waals surface area contributed by atoms with E-state index in [1.165, 1.54) is 0 Å². The molecule has 2 rings (SSSR count). The molecule has 1 unspecified atom stereocenters. The van der Waals surface area contributed by atoms with E-state index >= 15 is 0 Å². The monoisotopic (exact) mass is 288 g/mol. The summed E-state index contributed by atoms with van der Waals surface area (Å²) >= 11 is 0. The fourth-order valence-corrected chi connectivity index (χ4v) is 3.67. The van der Waals surface area contributed by atoms with Crippen molar-refractivity contribution in [1.82, 2.24) is 20.2 Å². The molecule has 19 heavy (non-hydrogen) atoms. The molecule has 0 radical (unpaired) electrons. The van der Waals surface area contributed by atoms with Crippen LogP contribution >= 0.6 is 0 Å². The lowest BCUT2D eigenvalue weighted by atomic mass is 10.3. The Morgan fingerprint density at radius 2 is 2.32 bits per heavy atom. The molecule has 0 spiro atoms. The van der Waals surface area contributed by atoms with Crippen molar-refractivity contribution >= 4 is 9.84 Å². The fourth-order valence-electron chi connectivity index (χ4n) is 2.12. The molecular weight excluding hydrogens is 268 g/mol. The Morgan fingerprint density at radius 1 is 1.47 bits per heavy atom. The van der Waals surface area contributed by atoms with Crippen molar-refractivity contribution in [1.29, 1.82) is 0 Å². The minimum Gasteiger partial charge on any atom is -0.377 e. The molecule has 0 amide bonds. The molecule has 1 aliphatic heterocycles. The van der Waals surface area contributed by atoms with Crippen LogP contribution in [0.1, 0.15) is 38.4 Å². The maximum atomic E-state index is 12.1. The Hall–Kier alpha value is -1.02. The number of rotatable bonds is 7. The number of aryl methyl sites for hydroxylation is 1. The van der Waals surface area contributed by atoms with Gasteiger partial charge in [0.25, 0.3) is 0 Å². The van der Waals surface area contributed by atoms with Gasteiger partial charge in [-0.2, -0.15) is 0 Å². The van der Waals surface area contributed by atoms with Gasteiger partial charge < -0.3 is 4.74 Å². The summed E-state index contributed by atoms with van der Waals surface area (Å²) in [4.78, 5) is 0. The Morgan fingerprint density at radius 3 is 3.00 bits per heavy atom. The molecule has 0 bridgehead atoms. The highest BCUT2D eigenvalue weighted by molar-refractivity contribution is 7.90. The maximum absolute atomic E-state index is 12.1. The average Bonchev–Trinajstić information content (AvgIpc) is 2.97. The summed E-state index contributed by atoms with van der Waals surface area (Å²) in [5, 5.41) is 11.2. The van der Waals surface area contributed by atoms with Crippen molar-refractivity contribution in [2.45, 2.75) is 51.0 Å². The van der Waals surface area contributed by atoms with Gasteiger partial charge in [0.1, 0.15) is 5.75 Å². The molecule has 2 heterocycles. The third-order valence-electron chi connectivity index (χ3n) is 3.14. The van der Waals surface area contributed by atoms with Crippen LogP contribution in [0, 0.1) is 0 Å². The highest BCUT2D eigenvalue weighted by Gasteiger charge is 2.25. The predicted octanol–water partition coefficient (Wildman–Crippen LogP) is 0.567. The van der Waals surface area contributed by atoms with Crippen LogP contribution in [-0.4, -0.2) is 47.1 Å². The van der Waals surface area contributed by atoms with E-state index in [4.69, 9.17) is 4.74 Å². The number of aromatic nitrogens is 4. The van der Waals surface area contributed by atoms with Crippen LogP contribution in [0.2, 0.25) is 0 Å². The van der Waals surface area contributed by atoms with E-state index in [9.17, 15) is 8.42 Å². The second-order valence-electron chi connectivity index (χ2n) is 4.86. The third-order valence-corrected chi connectivity index (χ3v) is 4.72. The second kappa shape index (κ2) is 6.42. The van der Waals surface area contributed by atoms with Crippen molar-refractivity contribution < 1.29 is 13.2 Å². The van der Waals surface area contributed by atoms with E-state index in [1.807, 2.05) is 0 Å². The first-order valence-corrected chi connectivity index (χ1v) is 8.50. The van der Waals surface area contributed by atoms with Crippen LogP contribution in [0.25, 0.3) is 0 Å². The van der Waals surface area contributed by atoms with E-state index in [-0.39, 0.29) is 17.6 Å². The van der Waals surface area contributed by atoms with Crippen molar-refractivity contribution in [3.63, 3.8) is 0 Å². The van der Waals surface area contributed by atoms with Gasteiger partial charge in [0.15, 0.2) is 15.7 Å². The summed E-state index contributed by atoms with van der Waals surface area (Å²) in [7, 11) is -3.22. The van der Waals surface area contributed by atoms with Crippen LogP contribution in [0.4, 0.5) is 0 Å². The number of sulfone groups is 1. The number of ether oxygens (including phenoxy) is 1. The Bertz CT molecular complexity index is 494. The van der Waals surface area contributed by atoms with Gasteiger partial charge in [-0.25, -0.2) is 13.1 Å². The van der Waals surface area contributed by atoms with Crippen LogP contribution in [0.15, 0.2) is 0 Å². The molecule has 7 nitrogen and oxygen atoms in total. The molecule has 8 heteroatoms. The van der Waals surface area contributed by atoms with Crippen molar-refractivity contribution in [3.05, 3.63) is 5.82 Å². The Kier molecular flexibility index (Phi) is 4.87. The minimum atomic E-state index is -3.22. The molecule has 0 aromatic carbocycles. The molecular formula is C11H20N4O3S. The smallest absolute Gasteiger partial charge is 0.166 e. The van der Waals surface area contributed by atoms with Gasteiger partial charge in [-0.05, 0) is 29.7 Å². The molecule has 108 valence electrons. The van der Waals surface area contributed by atoms with E-state index in [0.717, 1.165) is 25.7 Å². The predicted molar refractivity (Wildman–Crippen MR) is 69.2 cm³/mol. The molecule has 1 atom stereocenters. The van der Waals surface area contributed by atoms with Crippen molar-refractivity contribution in [3.8, 4) is 0 Å². The fraction of sp³-hybridized carbons (Fsp3) is 0.909. The van der Waals surface area contributed by atoms with Gasteiger partial charge in [0.2, 0.25) is 0 Å². The zero-order valence-electron chi connectivity index (χ0n) is 11.2. The van der Waals surface area contributed by atoms with Crippen LogP contribution < -0.4 is 0 Å². The van der Waals surface area contributed by atoms with Crippen LogP contribution in [-0.2, 0) is 26.9 Å². The molecule has 1 fully saturated rings. The Balaban J connectivity index is 1.96. The number of hydrogen-bond donors (Lipinski definition) is 0. The average molecular weight is 288 g/mol. The van der Waals surface area contributed by atoms with Crippen LogP contribution in [0.3, 0.4) is 0 Å². The van der Waals surface area contributed by atoms with Gasteiger partial charge in [-0.15, -0.1) is 5.10 Å². The molecule has 0 aliphatic carbocycles. The molecule has 1 aromatic rings. The number of unbranched alkanes of at least 4 members (excludes halogenated alkanes) is 1. The summed E-state index contributed by atoms with van der Waals surface area (Å²) < 4.78 is 31.1. The molecule has 0 N–H and O–H groups in total. The lowest BCUT2D eigenvalue weighted by molar-refractivity contribution is 0.127. The summed E-state index contributed by atoms with van der Waals surface area (Å²) in [6.07, 6.45) is 3.55. The standard InChI is InChI=1S/C11H20N4O3S/c1-2-3-6-15-11(12-13-14-15)9-19(16,17)8-10-5-4-7-18-10/h10H,2-9H2,1H3. The van der Waals surface area contributed by atoms with Crippen molar-refractivity contribution in [2.75, 3.05) is 12.4 Å². The SMILES string of the molecule is CCCCn1nnnc1CS(=O)(=O)CC1CCCO1. The first-order valence-electron chi connectivity index (χ1n) is 6.68. The number of tetrazole rings is 1. The second-order valence-corrected chi connectivity index (χ2v) is 6.97. The van der Waals surface area contributed by atoms with Crippen molar-refractivity contribution in [2.24, 2.45) is 0 Å². The van der Waals surface area contributed by atoms with E-state index in [1.54, 1.807) is 4.68 Å². The lowest BCUT2D eigenvalue weighted by Gasteiger charge is -2.10. The van der Waals surface area contributed by atoms with Crippen LogP contribution in [0.5, 0.6) is 0 Å². The molecule has 1 saturated heterocycles. The first-order chi connectivity index (χ1) is 9.11. The zero-order chi connectivity index (χ0) is 13.7. The summed E-state index contributed by atoms with van der Waals surface area (Å²) in [5.41, 5.74) is 0.